The van der Waals surface area contributed by atoms with Gasteiger partial charge in [0, 0.05) is 43.4 Å². The van der Waals surface area contributed by atoms with Gasteiger partial charge in [-0.1, -0.05) is 12.1 Å². The largest absolute Gasteiger partial charge is 0.454 e. The molecule has 3 aliphatic rings. The van der Waals surface area contributed by atoms with Crippen molar-refractivity contribution in [1.29, 1.82) is 0 Å². The first-order valence-corrected chi connectivity index (χ1v) is 12.4. The van der Waals surface area contributed by atoms with Gasteiger partial charge in [-0.25, -0.2) is 0 Å². The van der Waals surface area contributed by atoms with Crippen LogP contribution in [0.25, 0.3) is 0 Å². The van der Waals surface area contributed by atoms with Gasteiger partial charge in [-0.2, -0.15) is 8.42 Å². The second-order valence-electron chi connectivity index (χ2n) is 8.45. The number of benzene rings is 2. The molecular formula is C23H24N4O6S. The lowest BCUT2D eigenvalue weighted by molar-refractivity contribution is -0.134. The van der Waals surface area contributed by atoms with Gasteiger partial charge in [-0.15, -0.1) is 4.40 Å². The zero-order valence-electron chi connectivity index (χ0n) is 18.6. The molecule has 1 saturated heterocycles. The Balaban J connectivity index is 1.15. The van der Waals surface area contributed by atoms with Crippen LogP contribution in [0, 0.1) is 5.92 Å². The molecule has 11 heteroatoms. The van der Waals surface area contributed by atoms with E-state index in [0.29, 0.717) is 48.7 Å². The van der Waals surface area contributed by atoms with E-state index in [1.54, 1.807) is 53.2 Å². The standard InChI is InChI=1S/C23H24N4O6S/c1-26(22-17-4-2-3-5-20(17)34(30,31)25-22)13-21(28)27-10-8-15(9-11-27)23(29)24-16-6-7-18-19(12-16)33-14-32-18/h2-7,12,15H,8-11,13-14H2,1H3,(H,24,29). The summed E-state index contributed by atoms with van der Waals surface area (Å²) < 4.78 is 39.0. The summed E-state index contributed by atoms with van der Waals surface area (Å²) in [5.41, 5.74) is 1.14. The molecule has 1 fully saturated rings. The SMILES string of the molecule is CN(CC(=O)N1CCC(C(=O)Nc2ccc3c(c2)OCO3)CC1)C1=NS(=O)(=O)c2ccccc21. The first-order valence-electron chi connectivity index (χ1n) is 11.0. The number of anilines is 1. The number of ether oxygens (including phenoxy) is 2. The number of amides is 2. The van der Waals surface area contributed by atoms with Crippen LogP contribution >= 0.6 is 0 Å². The van der Waals surface area contributed by atoms with Crippen molar-refractivity contribution in [3.8, 4) is 11.5 Å². The first kappa shape index (κ1) is 22.2. The second-order valence-corrected chi connectivity index (χ2v) is 10.0. The highest BCUT2D eigenvalue weighted by Crippen LogP contribution is 2.34. The molecule has 2 aromatic carbocycles. The summed E-state index contributed by atoms with van der Waals surface area (Å²) in [7, 11) is -2.09. The molecule has 0 spiro atoms. The minimum Gasteiger partial charge on any atom is -0.454 e. The van der Waals surface area contributed by atoms with Crippen molar-refractivity contribution in [2.24, 2.45) is 10.3 Å². The third-order valence-corrected chi connectivity index (χ3v) is 7.53. The number of nitrogens with zero attached hydrogens (tertiary/aromatic N) is 3. The van der Waals surface area contributed by atoms with Gasteiger partial charge in [-0.3, -0.25) is 9.59 Å². The molecule has 0 aromatic heterocycles. The number of carbonyl (C=O) groups is 2. The van der Waals surface area contributed by atoms with Crippen molar-refractivity contribution in [3.63, 3.8) is 0 Å². The Morgan fingerprint density at radius 2 is 1.85 bits per heavy atom. The van der Waals surface area contributed by atoms with E-state index in [1.807, 2.05) is 0 Å². The molecule has 0 aliphatic carbocycles. The van der Waals surface area contributed by atoms with Gasteiger partial charge in [0.15, 0.2) is 17.3 Å². The van der Waals surface area contributed by atoms with Crippen LogP contribution in [0.2, 0.25) is 0 Å². The molecule has 0 unspecified atom stereocenters. The number of carbonyl (C=O) groups excluding carboxylic acids is 2. The maximum absolute atomic E-state index is 12.9. The number of amidine groups is 1. The van der Waals surface area contributed by atoms with E-state index in [4.69, 9.17) is 9.47 Å². The summed E-state index contributed by atoms with van der Waals surface area (Å²) >= 11 is 0. The van der Waals surface area contributed by atoms with E-state index in [2.05, 4.69) is 9.71 Å². The van der Waals surface area contributed by atoms with Crippen LogP contribution in [0.4, 0.5) is 5.69 Å². The highest BCUT2D eigenvalue weighted by molar-refractivity contribution is 7.90. The predicted octanol–water partition coefficient (Wildman–Crippen LogP) is 1.67. The summed E-state index contributed by atoms with van der Waals surface area (Å²) in [4.78, 5) is 29.0. The molecule has 2 amide bonds. The summed E-state index contributed by atoms with van der Waals surface area (Å²) in [5, 5.41) is 2.91. The van der Waals surface area contributed by atoms with Gasteiger partial charge in [0.2, 0.25) is 18.6 Å². The Labute approximate surface area is 197 Å². The molecule has 0 bridgehead atoms. The smallest absolute Gasteiger partial charge is 0.285 e. The minimum atomic E-state index is -3.74. The fourth-order valence-corrected chi connectivity index (χ4v) is 5.60. The monoisotopic (exact) mass is 484 g/mol. The highest BCUT2D eigenvalue weighted by Gasteiger charge is 2.33. The van der Waals surface area contributed by atoms with Crippen molar-refractivity contribution in [1.82, 2.24) is 9.80 Å². The van der Waals surface area contributed by atoms with E-state index in [1.165, 1.54) is 6.07 Å². The quantitative estimate of drug-likeness (QED) is 0.702. The Morgan fingerprint density at radius 1 is 1.12 bits per heavy atom. The molecule has 3 heterocycles. The Kier molecular flexibility index (Phi) is 5.64. The van der Waals surface area contributed by atoms with Crippen LogP contribution in [-0.2, 0) is 19.6 Å². The summed E-state index contributed by atoms with van der Waals surface area (Å²) in [5.74, 6) is 1.08. The molecule has 34 heavy (non-hydrogen) atoms. The van der Waals surface area contributed by atoms with Gasteiger partial charge in [0.05, 0.1) is 6.54 Å². The van der Waals surface area contributed by atoms with Crippen molar-refractivity contribution in [2.45, 2.75) is 17.7 Å². The number of fused-ring (bicyclic) bond motifs is 2. The van der Waals surface area contributed by atoms with Crippen LogP contribution in [0.1, 0.15) is 18.4 Å². The highest BCUT2D eigenvalue weighted by atomic mass is 32.2. The van der Waals surface area contributed by atoms with Crippen LogP contribution < -0.4 is 14.8 Å². The topological polar surface area (TPSA) is 118 Å². The molecule has 2 aromatic rings. The minimum absolute atomic E-state index is 0.00323. The number of hydrogen-bond acceptors (Lipinski definition) is 7. The van der Waals surface area contributed by atoms with E-state index < -0.39 is 10.0 Å². The van der Waals surface area contributed by atoms with Crippen LogP contribution in [-0.4, -0.2) is 69.3 Å². The van der Waals surface area contributed by atoms with E-state index in [9.17, 15) is 18.0 Å². The molecule has 10 nitrogen and oxygen atoms in total. The third-order valence-electron chi connectivity index (χ3n) is 6.21. The number of rotatable bonds is 4. The van der Waals surface area contributed by atoms with Crippen LogP contribution in [0.5, 0.6) is 11.5 Å². The molecule has 0 saturated carbocycles. The lowest BCUT2D eigenvalue weighted by atomic mass is 9.95. The zero-order chi connectivity index (χ0) is 23.9. The fourth-order valence-electron chi connectivity index (χ4n) is 4.35. The Hall–Kier alpha value is -3.60. The lowest BCUT2D eigenvalue weighted by Crippen LogP contribution is -2.46. The normalized spacial score (nSPS) is 18.3. The number of nitrogens with one attached hydrogen (secondary N) is 1. The molecule has 0 atom stereocenters. The molecule has 3 aliphatic heterocycles. The van der Waals surface area contributed by atoms with Crippen molar-refractivity contribution < 1.29 is 27.5 Å². The van der Waals surface area contributed by atoms with Gasteiger partial charge in [0.25, 0.3) is 10.0 Å². The van der Waals surface area contributed by atoms with Crippen molar-refractivity contribution in [2.75, 3.05) is 38.8 Å². The second kappa shape index (κ2) is 8.64. The number of piperidine rings is 1. The number of likely N-dealkylation sites (N-methyl/N-ethyl adjacent to an activating group) is 1. The average Bonchev–Trinajstić information content (AvgIpc) is 3.41. The average molecular weight is 485 g/mol. The number of sulfonamides is 1. The lowest BCUT2D eigenvalue weighted by Gasteiger charge is -2.32. The summed E-state index contributed by atoms with van der Waals surface area (Å²) in [6.45, 7) is 1.07. The first-order chi connectivity index (χ1) is 16.3. The van der Waals surface area contributed by atoms with E-state index >= 15 is 0 Å². The Bertz CT molecular complexity index is 1280. The molecule has 5 rings (SSSR count). The van der Waals surface area contributed by atoms with Gasteiger partial charge >= 0.3 is 0 Å². The fraction of sp³-hybridized carbons (Fsp3) is 0.348. The maximum Gasteiger partial charge on any atom is 0.285 e. The van der Waals surface area contributed by atoms with Crippen LogP contribution in [0.3, 0.4) is 0 Å². The zero-order valence-corrected chi connectivity index (χ0v) is 19.4. The third kappa shape index (κ3) is 4.18. The molecule has 0 radical (unpaired) electrons. The number of likely N-dealkylation sites (tertiary alicyclic amines) is 1. The predicted molar refractivity (Wildman–Crippen MR) is 123 cm³/mol. The van der Waals surface area contributed by atoms with Gasteiger partial charge < -0.3 is 24.6 Å². The molecule has 178 valence electrons. The molecular weight excluding hydrogens is 460 g/mol. The summed E-state index contributed by atoms with van der Waals surface area (Å²) in [6, 6.07) is 11.8. The van der Waals surface area contributed by atoms with Crippen molar-refractivity contribution in [3.05, 3.63) is 48.0 Å². The summed E-state index contributed by atoms with van der Waals surface area (Å²) in [6.07, 6.45) is 1.09. The Morgan fingerprint density at radius 3 is 2.65 bits per heavy atom. The van der Waals surface area contributed by atoms with E-state index in [-0.39, 0.29) is 41.8 Å². The van der Waals surface area contributed by atoms with E-state index in [0.717, 1.165) is 0 Å². The van der Waals surface area contributed by atoms with Gasteiger partial charge in [-0.05, 0) is 37.1 Å². The molecule has 1 N–H and O–H groups in total. The number of hydrogen-bond donors (Lipinski definition) is 1. The van der Waals surface area contributed by atoms with Crippen LogP contribution in [0.15, 0.2) is 51.8 Å². The van der Waals surface area contributed by atoms with Crippen molar-refractivity contribution >= 4 is 33.4 Å². The van der Waals surface area contributed by atoms with Gasteiger partial charge in [0.1, 0.15) is 4.90 Å². The maximum atomic E-state index is 12.9.